The summed E-state index contributed by atoms with van der Waals surface area (Å²) in [5.41, 5.74) is 0.727. The molecular weight excluding hydrogens is 442 g/mol. The molecule has 9 atom stereocenters. The number of rotatable bonds is 9. The van der Waals surface area contributed by atoms with Gasteiger partial charge in [0.2, 0.25) is 5.91 Å². The number of hydrogen-bond acceptors (Lipinski definition) is 3. The lowest BCUT2D eigenvalue weighted by molar-refractivity contribution is -0.138. The zero-order valence-electron chi connectivity index (χ0n) is 22.1. The molecule has 4 saturated carbocycles. The molecule has 1 amide bonds. The fourth-order valence-corrected chi connectivity index (χ4v) is 9.62. The van der Waals surface area contributed by atoms with Crippen molar-refractivity contribution in [3.8, 4) is 0 Å². The maximum atomic E-state index is 12.4. The topological polar surface area (TPSA) is 104 Å². The first-order valence-corrected chi connectivity index (χ1v) is 14.3. The van der Waals surface area contributed by atoms with Crippen LogP contribution in [0.1, 0.15) is 111 Å². The van der Waals surface area contributed by atoms with Crippen LogP contribution in [0.3, 0.4) is 0 Å². The molecule has 0 aromatic carbocycles. The number of amides is 1. The zero-order chi connectivity index (χ0) is 25.4. The van der Waals surface area contributed by atoms with Crippen LogP contribution in [0.4, 0.5) is 0 Å². The molecule has 4 fully saturated rings. The van der Waals surface area contributed by atoms with Crippen molar-refractivity contribution in [2.24, 2.45) is 46.3 Å². The van der Waals surface area contributed by atoms with Gasteiger partial charge in [0.1, 0.15) is 0 Å². The molecule has 0 unspecified atom stereocenters. The number of hydrogen-bond donors (Lipinski definition) is 3. The Labute approximate surface area is 211 Å². The SMILES string of the molecule is C[C@H](CCC(=O)O)[C@H]1CC[C@H]2[C@@H]3CC[C@@H]4C[C@@H](NC(=O)CCCC(=O)O)CC[C@]4(C)[C@H]3CC[C@]12C. The van der Waals surface area contributed by atoms with Gasteiger partial charge in [-0.05, 0) is 117 Å². The average molecular weight is 490 g/mol. The van der Waals surface area contributed by atoms with E-state index < -0.39 is 11.9 Å². The molecule has 4 rings (SSSR count). The maximum absolute atomic E-state index is 12.4. The van der Waals surface area contributed by atoms with Gasteiger partial charge in [0.05, 0.1) is 0 Å². The minimum atomic E-state index is -0.838. The van der Waals surface area contributed by atoms with Crippen LogP contribution >= 0.6 is 0 Å². The third-order valence-electron chi connectivity index (χ3n) is 11.4. The Balaban J connectivity index is 1.36. The third kappa shape index (κ3) is 5.27. The van der Waals surface area contributed by atoms with Crippen LogP contribution in [-0.4, -0.2) is 34.1 Å². The first-order valence-electron chi connectivity index (χ1n) is 14.3. The lowest BCUT2D eigenvalue weighted by Crippen LogP contribution is -2.55. The van der Waals surface area contributed by atoms with Crippen molar-refractivity contribution in [3.63, 3.8) is 0 Å². The highest BCUT2D eigenvalue weighted by atomic mass is 16.4. The van der Waals surface area contributed by atoms with Crippen molar-refractivity contribution in [2.75, 3.05) is 0 Å². The van der Waals surface area contributed by atoms with Gasteiger partial charge < -0.3 is 15.5 Å². The summed E-state index contributed by atoms with van der Waals surface area (Å²) in [5.74, 6) is 2.67. The van der Waals surface area contributed by atoms with Gasteiger partial charge >= 0.3 is 11.9 Å². The molecule has 35 heavy (non-hydrogen) atoms. The number of nitrogens with one attached hydrogen (secondary N) is 1. The van der Waals surface area contributed by atoms with Gasteiger partial charge in [-0.1, -0.05) is 20.8 Å². The van der Waals surface area contributed by atoms with Crippen LogP contribution in [0.15, 0.2) is 0 Å². The van der Waals surface area contributed by atoms with Crippen LogP contribution in [0.25, 0.3) is 0 Å². The van der Waals surface area contributed by atoms with Crippen LogP contribution in [0.5, 0.6) is 0 Å². The molecule has 4 aliphatic carbocycles. The number of carboxylic acid groups (broad SMARTS) is 2. The molecule has 4 aliphatic rings. The number of aliphatic carboxylic acids is 2. The van der Waals surface area contributed by atoms with E-state index in [4.69, 9.17) is 5.11 Å². The average Bonchev–Trinajstić information content (AvgIpc) is 3.14. The van der Waals surface area contributed by atoms with E-state index in [9.17, 15) is 19.5 Å². The summed E-state index contributed by atoms with van der Waals surface area (Å²) in [6, 6.07) is 0.238. The molecule has 0 bridgehead atoms. The normalized spacial score (nSPS) is 41.2. The van der Waals surface area contributed by atoms with Gasteiger partial charge in [0.15, 0.2) is 0 Å². The zero-order valence-corrected chi connectivity index (χ0v) is 22.1. The first-order chi connectivity index (χ1) is 16.5. The van der Waals surface area contributed by atoms with Gasteiger partial charge in [0, 0.05) is 25.3 Å². The Morgan fingerprint density at radius 3 is 2.26 bits per heavy atom. The van der Waals surface area contributed by atoms with Gasteiger partial charge in [-0.15, -0.1) is 0 Å². The highest BCUT2D eigenvalue weighted by molar-refractivity contribution is 5.77. The van der Waals surface area contributed by atoms with Gasteiger partial charge in [0.25, 0.3) is 0 Å². The summed E-state index contributed by atoms with van der Waals surface area (Å²) in [6.45, 7) is 7.38. The van der Waals surface area contributed by atoms with E-state index in [0.29, 0.717) is 47.8 Å². The first kappa shape index (κ1) is 26.5. The molecule has 3 N–H and O–H groups in total. The van der Waals surface area contributed by atoms with Gasteiger partial charge in [-0.3, -0.25) is 14.4 Å². The van der Waals surface area contributed by atoms with E-state index in [2.05, 4.69) is 26.1 Å². The number of fused-ring (bicyclic) bond motifs is 5. The molecular formula is C29H47NO5. The predicted octanol–water partition coefficient (Wildman–Crippen LogP) is 5.89. The van der Waals surface area contributed by atoms with Crippen molar-refractivity contribution in [1.82, 2.24) is 5.32 Å². The molecule has 6 heteroatoms. The Bertz CT molecular complexity index is 813. The molecule has 0 saturated heterocycles. The molecule has 0 aromatic rings. The van der Waals surface area contributed by atoms with Gasteiger partial charge in [-0.2, -0.15) is 0 Å². The van der Waals surface area contributed by atoms with Gasteiger partial charge in [-0.25, -0.2) is 0 Å². The van der Waals surface area contributed by atoms with Crippen LogP contribution in [0, 0.1) is 46.3 Å². The lowest BCUT2D eigenvalue weighted by Gasteiger charge is -2.61. The Morgan fingerprint density at radius 1 is 0.857 bits per heavy atom. The molecule has 0 radical (unpaired) electrons. The van der Waals surface area contributed by atoms with E-state index >= 15 is 0 Å². The van der Waals surface area contributed by atoms with Crippen LogP contribution < -0.4 is 5.32 Å². The second-order valence-electron chi connectivity index (χ2n) is 13.1. The largest absolute Gasteiger partial charge is 0.481 e. The summed E-state index contributed by atoms with van der Waals surface area (Å²) in [7, 11) is 0. The van der Waals surface area contributed by atoms with Crippen LogP contribution in [0.2, 0.25) is 0 Å². The fraction of sp³-hybridized carbons (Fsp3) is 0.897. The smallest absolute Gasteiger partial charge is 0.303 e. The molecule has 6 nitrogen and oxygen atoms in total. The summed E-state index contributed by atoms with van der Waals surface area (Å²) in [6.07, 6.45) is 12.9. The van der Waals surface area contributed by atoms with Crippen molar-refractivity contribution in [3.05, 3.63) is 0 Å². The Hall–Kier alpha value is -1.59. The van der Waals surface area contributed by atoms with E-state index in [1.54, 1.807) is 0 Å². The summed E-state index contributed by atoms with van der Waals surface area (Å²) in [4.78, 5) is 34.2. The third-order valence-corrected chi connectivity index (χ3v) is 11.4. The minimum absolute atomic E-state index is 0.0102. The van der Waals surface area contributed by atoms with E-state index in [0.717, 1.165) is 37.0 Å². The maximum Gasteiger partial charge on any atom is 0.303 e. The quantitative estimate of drug-likeness (QED) is 0.375. The minimum Gasteiger partial charge on any atom is -0.481 e. The van der Waals surface area contributed by atoms with Crippen molar-refractivity contribution in [2.45, 2.75) is 117 Å². The molecule has 0 aliphatic heterocycles. The summed E-state index contributed by atoms with van der Waals surface area (Å²) < 4.78 is 0. The number of carboxylic acids is 2. The number of carbonyl (C=O) groups excluding carboxylic acids is 1. The molecule has 0 spiro atoms. The van der Waals surface area contributed by atoms with E-state index in [1.165, 1.54) is 44.9 Å². The summed E-state index contributed by atoms with van der Waals surface area (Å²) >= 11 is 0. The fourth-order valence-electron chi connectivity index (χ4n) is 9.62. The Morgan fingerprint density at radius 2 is 1.54 bits per heavy atom. The molecule has 0 aromatic heterocycles. The highest BCUT2D eigenvalue weighted by Gasteiger charge is 2.60. The second-order valence-corrected chi connectivity index (χ2v) is 13.1. The van der Waals surface area contributed by atoms with Crippen molar-refractivity contribution < 1.29 is 24.6 Å². The van der Waals surface area contributed by atoms with Crippen molar-refractivity contribution >= 4 is 17.8 Å². The standard InChI is InChI=1S/C29H47NO5/c1-18(7-12-27(34)35)22-10-11-23-21-9-8-19-17-20(30-25(31)5-4-6-26(32)33)13-15-28(19,2)24(21)14-16-29(22,23)3/h18-24H,4-17H2,1-3H3,(H,30,31)(H,32,33)(H,34,35)/t18-,19-,20+,21+,22-,23+,24+,28+,29-/m1/s1. The van der Waals surface area contributed by atoms with Crippen molar-refractivity contribution in [1.29, 1.82) is 0 Å². The Kier molecular flexibility index (Phi) is 7.88. The van der Waals surface area contributed by atoms with E-state index in [1.807, 2.05) is 0 Å². The monoisotopic (exact) mass is 489 g/mol. The molecule has 198 valence electrons. The van der Waals surface area contributed by atoms with Crippen LogP contribution in [-0.2, 0) is 14.4 Å². The predicted molar refractivity (Wildman–Crippen MR) is 135 cm³/mol. The summed E-state index contributed by atoms with van der Waals surface area (Å²) in [5, 5.41) is 21.2. The lowest BCUT2D eigenvalue weighted by atomic mass is 9.44. The number of carbonyl (C=O) groups is 3. The molecule has 0 heterocycles. The highest BCUT2D eigenvalue weighted by Crippen LogP contribution is 2.68. The second kappa shape index (κ2) is 10.4. The van der Waals surface area contributed by atoms with E-state index in [-0.39, 0.29) is 18.4 Å².